The molecule has 0 spiro atoms. The maximum absolute atomic E-state index is 14.9. The first kappa shape index (κ1) is 24.9. The van der Waals surface area contributed by atoms with Crippen LogP contribution in [0.4, 0.5) is 10.2 Å². The number of rotatable bonds is 6. The van der Waals surface area contributed by atoms with Crippen molar-refractivity contribution in [2.75, 3.05) is 25.5 Å². The van der Waals surface area contributed by atoms with E-state index in [1.807, 2.05) is 12.1 Å². The number of amides is 1. The van der Waals surface area contributed by atoms with E-state index in [4.69, 9.17) is 0 Å². The van der Waals surface area contributed by atoms with Crippen molar-refractivity contribution in [3.8, 4) is 17.0 Å². The lowest BCUT2D eigenvalue weighted by atomic mass is 9.90. The highest BCUT2D eigenvalue weighted by molar-refractivity contribution is 6.00. The molecule has 1 amide bonds. The first-order chi connectivity index (χ1) is 16.8. The smallest absolute Gasteiger partial charge is 0.254 e. The number of anilines is 1. The van der Waals surface area contributed by atoms with E-state index in [1.54, 1.807) is 12.1 Å². The molecule has 1 aliphatic carbocycles. The van der Waals surface area contributed by atoms with E-state index in [0.717, 1.165) is 25.2 Å². The number of phenols is 1. The van der Waals surface area contributed by atoms with E-state index >= 15 is 0 Å². The first-order valence-electron chi connectivity index (χ1n) is 12.3. The molecule has 3 N–H and O–H groups in total. The molecule has 1 aliphatic rings. The number of hydrogen-bond acceptors (Lipinski definition) is 6. The molecule has 0 bridgehead atoms. The normalized spacial score (nSPS) is 20.4. The van der Waals surface area contributed by atoms with Crippen molar-refractivity contribution < 1.29 is 14.3 Å². The van der Waals surface area contributed by atoms with Gasteiger partial charge in [-0.1, -0.05) is 25.8 Å². The maximum atomic E-state index is 14.9. The Morgan fingerprint density at radius 1 is 1.23 bits per heavy atom. The molecule has 2 atom stereocenters. The number of carbonyl (C=O) groups is 1. The van der Waals surface area contributed by atoms with Crippen LogP contribution in [0.1, 0.15) is 56.3 Å². The van der Waals surface area contributed by atoms with Gasteiger partial charge in [-0.15, -0.1) is 10.2 Å². The lowest BCUT2D eigenvalue weighted by Gasteiger charge is -2.36. The van der Waals surface area contributed by atoms with Crippen molar-refractivity contribution in [1.82, 2.24) is 20.8 Å². The zero-order valence-corrected chi connectivity index (χ0v) is 20.9. The molecular weight excluding hydrogens is 445 g/mol. The van der Waals surface area contributed by atoms with E-state index in [2.05, 4.69) is 46.6 Å². The number of aromatic hydroxyl groups is 1. The number of fused-ring (bicyclic) bond motifs is 1. The van der Waals surface area contributed by atoms with Crippen LogP contribution in [0.3, 0.4) is 0 Å². The zero-order valence-electron chi connectivity index (χ0n) is 20.9. The second-order valence-electron chi connectivity index (χ2n) is 9.68. The summed E-state index contributed by atoms with van der Waals surface area (Å²) in [4.78, 5) is 14.1. The fourth-order valence-electron chi connectivity index (χ4n) is 5.22. The van der Waals surface area contributed by atoms with Crippen LogP contribution in [0.15, 0.2) is 36.4 Å². The summed E-state index contributed by atoms with van der Waals surface area (Å²) >= 11 is 0. The van der Waals surface area contributed by atoms with Crippen LogP contribution in [0, 0.1) is 5.82 Å². The Kier molecular flexibility index (Phi) is 7.21. The van der Waals surface area contributed by atoms with Crippen molar-refractivity contribution >= 4 is 22.5 Å². The van der Waals surface area contributed by atoms with Crippen molar-refractivity contribution in [1.29, 1.82) is 0 Å². The number of hydrogen-bond donors (Lipinski definition) is 3. The second kappa shape index (κ2) is 10.2. The van der Waals surface area contributed by atoms with Crippen molar-refractivity contribution in [2.45, 2.75) is 57.5 Å². The summed E-state index contributed by atoms with van der Waals surface area (Å²) in [6.45, 7) is 5.41. The molecule has 1 saturated carbocycles. The van der Waals surface area contributed by atoms with Gasteiger partial charge >= 0.3 is 0 Å². The summed E-state index contributed by atoms with van der Waals surface area (Å²) in [5.41, 5.74) is 1.00. The van der Waals surface area contributed by atoms with Gasteiger partial charge in [0.1, 0.15) is 11.6 Å². The van der Waals surface area contributed by atoms with E-state index in [1.165, 1.54) is 38.4 Å². The topological polar surface area (TPSA) is 90.4 Å². The largest absolute Gasteiger partial charge is 0.507 e. The van der Waals surface area contributed by atoms with Crippen LogP contribution in [0.25, 0.3) is 22.0 Å². The number of phenolic OH excluding ortho intramolecular Hbond substituents is 1. The van der Waals surface area contributed by atoms with Gasteiger partial charge < -0.3 is 20.6 Å². The number of carbonyl (C=O) groups excluding carboxylic acids is 1. The third kappa shape index (κ3) is 5.07. The Balaban J connectivity index is 1.60. The Labute approximate surface area is 205 Å². The van der Waals surface area contributed by atoms with Gasteiger partial charge in [0.25, 0.3) is 5.91 Å². The summed E-state index contributed by atoms with van der Waals surface area (Å²) in [5, 5.41) is 26.3. The predicted octanol–water partition coefficient (Wildman–Crippen LogP) is 4.64. The average molecular weight is 480 g/mol. The lowest BCUT2D eigenvalue weighted by Crippen LogP contribution is -2.47. The third-order valence-electron chi connectivity index (χ3n) is 7.18. The summed E-state index contributed by atoms with van der Waals surface area (Å²) in [5.74, 6) is -0.523. The quantitative estimate of drug-likeness (QED) is 0.447. The molecule has 7 nitrogen and oxygen atoms in total. The third-order valence-corrected chi connectivity index (χ3v) is 7.18. The number of aromatic nitrogens is 2. The van der Waals surface area contributed by atoms with Crippen molar-refractivity contribution in [2.24, 2.45) is 0 Å². The molecule has 2 aromatic carbocycles. The van der Waals surface area contributed by atoms with Crippen LogP contribution in [-0.2, 0) is 0 Å². The number of nitrogens with one attached hydrogen (secondary N) is 2. The molecule has 0 unspecified atom stereocenters. The van der Waals surface area contributed by atoms with Crippen LogP contribution < -0.4 is 15.5 Å². The van der Waals surface area contributed by atoms with E-state index in [0.29, 0.717) is 22.7 Å². The van der Waals surface area contributed by atoms with E-state index < -0.39 is 11.7 Å². The minimum atomic E-state index is -0.667. The molecule has 0 aliphatic heterocycles. The molecule has 35 heavy (non-hydrogen) atoms. The number of halogens is 1. The van der Waals surface area contributed by atoms with Gasteiger partial charge in [-0.05, 0) is 68.4 Å². The van der Waals surface area contributed by atoms with Crippen LogP contribution >= 0.6 is 0 Å². The molecular formula is C27H34FN5O2. The molecule has 1 aromatic heterocycles. The van der Waals surface area contributed by atoms with Crippen molar-refractivity contribution in [3.63, 3.8) is 0 Å². The molecule has 3 aromatic rings. The highest BCUT2D eigenvalue weighted by Crippen LogP contribution is 2.35. The Hall–Kier alpha value is -3.26. The molecule has 0 saturated heterocycles. The predicted molar refractivity (Wildman–Crippen MR) is 137 cm³/mol. The van der Waals surface area contributed by atoms with Gasteiger partial charge in [-0.2, -0.15) is 0 Å². The minimum Gasteiger partial charge on any atom is -0.507 e. The average Bonchev–Trinajstić information content (AvgIpc) is 3.05. The Morgan fingerprint density at radius 2 is 2.03 bits per heavy atom. The minimum absolute atomic E-state index is 0.0666. The SMILES string of the molecule is CCN[C@@]1(C)CCCC[C@@H](N(C)c2ccc(-c3cc4ccc(C(=O)NC)c(F)c4cc3O)nn2)C1. The monoisotopic (exact) mass is 479 g/mol. The van der Waals surface area contributed by atoms with Gasteiger partial charge in [0.15, 0.2) is 5.82 Å². The molecule has 186 valence electrons. The van der Waals surface area contributed by atoms with E-state index in [-0.39, 0.29) is 22.2 Å². The molecule has 1 heterocycles. The zero-order chi connectivity index (χ0) is 25.2. The van der Waals surface area contributed by atoms with E-state index in [9.17, 15) is 14.3 Å². The fraction of sp³-hybridized carbons (Fsp3) is 0.444. The summed E-state index contributed by atoms with van der Waals surface area (Å²) in [6, 6.07) is 10.2. The molecule has 8 heteroatoms. The van der Waals surface area contributed by atoms with Gasteiger partial charge in [0.05, 0.1) is 11.3 Å². The van der Waals surface area contributed by atoms with Crippen LogP contribution in [0.5, 0.6) is 5.75 Å². The highest BCUT2D eigenvalue weighted by atomic mass is 19.1. The van der Waals surface area contributed by atoms with Gasteiger partial charge in [-0.3, -0.25) is 4.79 Å². The Morgan fingerprint density at radius 3 is 2.71 bits per heavy atom. The summed E-state index contributed by atoms with van der Waals surface area (Å²) in [6.07, 6.45) is 5.71. The van der Waals surface area contributed by atoms with Gasteiger partial charge in [0.2, 0.25) is 0 Å². The number of benzene rings is 2. The van der Waals surface area contributed by atoms with Crippen LogP contribution in [-0.4, -0.2) is 53.4 Å². The first-order valence-corrected chi connectivity index (χ1v) is 12.3. The standard InChI is InChI=1S/C27H34FN5O2/c1-5-30-27(2)13-7-6-8-18(16-27)33(4)24-12-11-22(31-32-24)21-14-17-9-10-19(26(35)29-3)25(28)20(17)15-23(21)34/h9-12,14-15,18,30,34H,5-8,13,16H2,1-4H3,(H,29,35)/t18-,27+/m1/s1. The number of nitrogens with zero attached hydrogens (tertiary/aromatic N) is 3. The van der Waals surface area contributed by atoms with Crippen LogP contribution in [0.2, 0.25) is 0 Å². The fourth-order valence-corrected chi connectivity index (χ4v) is 5.22. The molecule has 0 radical (unpaired) electrons. The lowest BCUT2D eigenvalue weighted by molar-refractivity contribution is 0.0959. The van der Waals surface area contributed by atoms with Crippen molar-refractivity contribution in [3.05, 3.63) is 47.8 Å². The maximum Gasteiger partial charge on any atom is 0.254 e. The van der Waals surface area contributed by atoms with Gasteiger partial charge in [0, 0.05) is 36.6 Å². The molecule has 4 rings (SSSR count). The molecule has 1 fully saturated rings. The summed E-state index contributed by atoms with van der Waals surface area (Å²) < 4.78 is 14.9. The highest BCUT2D eigenvalue weighted by Gasteiger charge is 2.32. The summed E-state index contributed by atoms with van der Waals surface area (Å²) in [7, 11) is 3.51. The van der Waals surface area contributed by atoms with Gasteiger partial charge in [-0.25, -0.2) is 4.39 Å². The Bertz CT molecular complexity index is 1220. The second-order valence-corrected chi connectivity index (χ2v) is 9.68.